The molecule has 0 aliphatic carbocycles. The molecular formula is H4BCl2KNi. The number of halogens is 2. The van der Waals surface area contributed by atoms with Crippen molar-refractivity contribution in [2.75, 3.05) is 0 Å². The fourth-order valence-electron chi connectivity index (χ4n) is 0. The van der Waals surface area contributed by atoms with Gasteiger partial charge in [0, 0.05) is 0 Å². The molecule has 0 aliphatic rings. The minimum absolute atomic E-state index is 0. The van der Waals surface area contributed by atoms with Crippen molar-refractivity contribution < 1.29 is 12.7 Å². The van der Waals surface area contributed by atoms with Crippen molar-refractivity contribution >= 4 is 80.2 Å². The molecular weight excluding hydrogens is 180 g/mol. The Balaban J connectivity index is -0.0000000200. The summed E-state index contributed by atoms with van der Waals surface area (Å²) in [5.74, 6) is 0. The predicted molar refractivity (Wildman–Crippen MR) is 28.8 cm³/mol. The van der Waals surface area contributed by atoms with Gasteiger partial charge in [-0.1, -0.05) is 0 Å². The Kier molecular flexibility index (Phi) is 49.6. The molecule has 0 aromatic rings. The van der Waals surface area contributed by atoms with Crippen LogP contribution in [-0.2, 0) is 12.7 Å². The molecule has 0 aliphatic heterocycles. The molecule has 0 aromatic carbocycles. The molecule has 0 fully saturated rings. The molecule has 5 heteroatoms. The quantitative estimate of drug-likeness (QED) is 0.446. The molecule has 0 spiro atoms. The van der Waals surface area contributed by atoms with Crippen LogP contribution < -0.4 is 0 Å². The number of hydrogen-bond acceptors (Lipinski definition) is 0. The predicted octanol–water partition coefficient (Wildman–Crippen LogP) is -0.456. The molecule has 0 atom stereocenters. The first-order valence-corrected chi connectivity index (χ1v) is 2.96. The maximum atomic E-state index is 4.70. The molecule has 0 saturated carbocycles. The molecule has 0 heterocycles. The Morgan fingerprint density at radius 3 is 1.20 bits per heavy atom. The van der Waals surface area contributed by atoms with Gasteiger partial charge in [-0.2, -0.15) is 0 Å². The van der Waals surface area contributed by atoms with E-state index in [1.165, 1.54) is 0 Å². The zero-order valence-electron chi connectivity index (χ0n) is 1.07. The first kappa shape index (κ1) is 15.7. The first-order valence-electron chi connectivity index (χ1n) is 0.239. The van der Waals surface area contributed by atoms with Gasteiger partial charge in [0.15, 0.2) is 0 Å². The van der Waals surface area contributed by atoms with Crippen LogP contribution in [0.15, 0.2) is 0 Å². The van der Waals surface area contributed by atoms with E-state index >= 15 is 0 Å². The topological polar surface area (TPSA) is 0 Å². The summed E-state index contributed by atoms with van der Waals surface area (Å²) in [5.41, 5.74) is 0. The van der Waals surface area contributed by atoms with Gasteiger partial charge in [0.05, 0.1) is 8.41 Å². The van der Waals surface area contributed by atoms with Gasteiger partial charge in [-0.05, 0) is 0 Å². The molecule has 0 bridgehead atoms. The van der Waals surface area contributed by atoms with Gasteiger partial charge in [-0.3, -0.25) is 0 Å². The monoisotopic (exact) mass is 182 g/mol. The second-order valence-corrected chi connectivity index (χ2v) is 1.68. The second kappa shape index (κ2) is 15.9. The number of rotatable bonds is 0. The Morgan fingerprint density at radius 1 is 1.20 bits per heavy atom. The molecule has 5 heavy (non-hydrogen) atoms. The van der Waals surface area contributed by atoms with Gasteiger partial charge in [0.25, 0.3) is 0 Å². The van der Waals surface area contributed by atoms with Gasteiger partial charge >= 0.3 is 84.4 Å². The fraction of sp³-hybridized carbons (Fsp3) is 0. The Labute approximate surface area is 90.7 Å². The summed E-state index contributed by atoms with van der Waals surface area (Å²) in [6.45, 7) is 0. The molecule has 0 rings (SSSR count). The van der Waals surface area contributed by atoms with Crippen molar-refractivity contribution in [3.63, 3.8) is 0 Å². The van der Waals surface area contributed by atoms with E-state index < -0.39 is 0 Å². The van der Waals surface area contributed by atoms with E-state index in [-0.39, 0.29) is 59.8 Å². The molecule has 0 nitrogen and oxygen atoms in total. The normalized spacial score (nSPS) is 4.40. The van der Waals surface area contributed by atoms with Crippen LogP contribution >= 0.6 is 20.4 Å². The fourth-order valence-corrected chi connectivity index (χ4v) is 0. The van der Waals surface area contributed by atoms with Gasteiger partial charge in [-0.15, -0.1) is 0 Å². The Hall–Kier alpha value is 2.77. The van der Waals surface area contributed by atoms with Gasteiger partial charge in [0.2, 0.25) is 0 Å². The summed E-state index contributed by atoms with van der Waals surface area (Å²) >= 11 is 0.569. The molecule has 0 amide bonds. The average Bonchev–Trinajstić information content (AvgIpc) is 0.918. The molecule has 0 saturated heterocycles. The summed E-state index contributed by atoms with van der Waals surface area (Å²) in [7, 11) is 9.40. The maximum absolute atomic E-state index is 4.70. The molecule has 32 valence electrons. The second-order valence-electron chi connectivity index (χ2n) is 0.0452. The molecule has 0 aromatic heterocycles. The van der Waals surface area contributed by atoms with Gasteiger partial charge < -0.3 is 0 Å². The van der Waals surface area contributed by atoms with Gasteiger partial charge in [0.1, 0.15) is 0 Å². The van der Waals surface area contributed by atoms with Crippen molar-refractivity contribution in [1.82, 2.24) is 0 Å². The summed E-state index contributed by atoms with van der Waals surface area (Å²) in [6, 6.07) is 0. The summed E-state index contributed by atoms with van der Waals surface area (Å²) < 4.78 is 0. The Bertz CT molecular complexity index is 9.61. The van der Waals surface area contributed by atoms with Crippen LogP contribution in [0.5, 0.6) is 0 Å². The summed E-state index contributed by atoms with van der Waals surface area (Å²) in [6.07, 6.45) is 0. The van der Waals surface area contributed by atoms with Crippen molar-refractivity contribution in [1.29, 1.82) is 0 Å². The van der Waals surface area contributed by atoms with Crippen LogP contribution in [0.1, 0.15) is 0 Å². The van der Waals surface area contributed by atoms with Crippen molar-refractivity contribution in [2.24, 2.45) is 0 Å². The van der Waals surface area contributed by atoms with E-state index in [0.29, 0.717) is 12.7 Å². The summed E-state index contributed by atoms with van der Waals surface area (Å²) in [4.78, 5) is 0. The zero-order valence-corrected chi connectivity index (χ0v) is 3.57. The van der Waals surface area contributed by atoms with Crippen molar-refractivity contribution in [3.8, 4) is 0 Å². The van der Waals surface area contributed by atoms with Crippen LogP contribution in [0, 0.1) is 0 Å². The SMILES string of the molecule is B.[Cl][Ni][Cl].[KH]. The van der Waals surface area contributed by atoms with Crippen LogP contribution in [0.25, 0.3) is 0 Å². The van der Waals surface area contributed by atoms with Crippen molar-refractivity contribution in [3.05, 3.63) is 0 Å². The van der Waals surface area contributed by atoms with Gasteiger partial charge in [-0.25, -0.2) is 0 Å². The van der Waals surface area contributed by atoms with Crippen LogP contribution in [-0.4, -0.2) is 59.8 Å². The first-order chi connectivity index (χ1) is 1.41. The minimum atomic E-state index is 0. The van der Waals surface area contributed by atoms with Crippen molar-refractivity contribution in [2.45, 2.75) is 0 Å². The van der Waals surface area contributed by atoms with E-state index in [0.717, 1.165) is 0 Å². The van der Waals surface area contributed by atoms with E-state index in [1.807, 2.05) is 0 Å². The zero-order chi connectivity index (χ0) is 2.71. The van der Waals surface area contributed by atoms with E-state index in [9.17, 15) is 0 Å². The van der Waals surface area contributed by atoms with E-state index in [4.69, 9.17) is 20.4 Å². The van der Waals surface area contributed by atoms with Crippen LogP contribution in [0.3, 0.4) is 0 Å². The van der Waals surface area contributed by atoms with E-state index in [2.05, 4.69) is 0 Å². The van der Waals surface area contributed by atoms with E-state index in [1.54, 1.807) is 0 Å². The Morgan fingerprint density at radius 2 is 1.20 bits per heavy atom. The van der Waals surface area contributed by atoms with Crippen LogP contribution in [0.2, 0.25) is 0 Å². The number of hydrogen-bond donors (Lipinski definition) is 0. The van der Waals surface area contributed by atoms with Crippen LogP contribution in [0.4, 0.5) is 0 Å². The average molecular weight is 184 g/mol. The molecule has 0 unspecified atom stereocenters. The molecule has 0 radical (unpaired) electrons. The molecule has 0 N–H and O–H groups in total. The standard InChI is InChI=1S/BH3.2ClH.K.Ni.H/h1H3;2*1H;;;/q;;;;+2;/p-2. The third-order valence-electron chi connectivity index (χ3n) is 0. The third kappa shape index (κ3) is 20.1. The summed E-state index contributed by atoms with van der Waals surface area (Å²) in [5, 5.41) is 0. The third-order valence-corrected chi connectivity index (χ3v) is 0.